The smallest absolute Gasteiger partial charge is 0.315 e. The molecule has 0 saturated heterocycles. The zero-order valence-corrected chi connectivity index (χ0v) is 13.8. The Hall–Kier alpha value is -1.40. The van der Waals surface area contributed by atoms with Crippen LogP contribution in [0, 0.1) is 6.92 Å². The Morgan fingerprint density at radius 3 is 2.70 bits per heavy atom. The van der Waals surface area contributed by atoms with Crippen LogP contribution in [-0.2, 0) is 10.2 Å². The SMILES string of the molecule is Cc1cc(Br)cc(Nc2nc(C(C)(C)C(=O)O)cs2)c1. The highest BCUT2D eigenvalue weighted by atomic mass is 79.9. The second kappa shape index (κ2) is 5.54. The molecule has 0 radical (unpaired) electrons. The maximum absolute atomic E-state index is 11.2. The first-order chi connectivity index (χ1) is 9.29. The van der Waals surface area contributed by atoms with E-state index in [1.54, 1.807) is 19.2 Å². The molecule has 0 unspecified atom stereocenters. The molecule has 1 aromatic heterocycles. The Morgan fingerprint density at radius 2 is 2.10 bits per heavy atom. The summed E-state index contributed by atoms with van der Waals surface area (Å²) in [6.07, 6.45) is 0. The first-order valence-corrected chi connectivity index (χ1v) is 7.70. The van der Waals surface area contributed by atoms with Crippen molar-refractivity contribution in [3.8, 4) is 0 Å². The molecule has 0 saturated carbocycles. The minimum Gasteiger partial charge on any atom is -0.481 e. The molecular weight excluding hydrogens is 340 g/mol. The van der Waals surface area contributed by atoms with Crippen molar-refractivity contribution in [3.05, 3.63) is 39.3 Å². The molecule has 2 N–H and O–H groups in total. The molecule has 20 heavy (non-hydrogen) atoms. The van der Waals surface area contributed by atoms with Crippen LogP contribution in [-0.4, -0.2) is 16.1 Å². The first-order valence-electron chi connectivity index (χ1n) is 6.02. The summed E-state index contributed by atoms with van der Waals surface area (Å²) >= 11 is 4.85. The molecule has 0 fully saturated rings. The molecule has 1 aromatic carbocycles. The van der Waals surface area contributed by atoms with Crippen molar-refractivity contribution in [3.63, 3.8) is 0 Å². The average Bonchev–Trinajstić information content (AvgIpc) is 2.76. The fourth-order valence-electron chi connectivity index (χ4n) is 1.66. The maximum Gasteiger partial charge on any atom is 0.315 e. The van der Waals surface area contributed by atoms with E-state index in [0.717, 1.165) is 15.7 Å². The molecule has 2 aromatic rings. The molecule has 2 rings (SSSR count). The number of anilines is 2. The van der Waals surface area contributed by atoms with Gasteiger partial charge in [0.1, 0.15) is 5.41 Å². The fourth-order valence-corrected chi connectivity index (χ4v) is 3.17. The normalized spacial score (nSPS) is 11.4. The zero-order chi connectivity index (χ0) is 14.9. The molecule has 0 aliphatic rings. The van der Waals surface area contributed by atoms with E-state index in [1.165, 1.54) is 11.3 Å². The molecule has 0 aliphatic carbocycles. The fraction of sp³-hybridized carbons (Fsp3) is 0.286. The summed E-state index contributed by atoms with van der Waals surface area (Å²) in [4.78, 5) is 15.6. The number of aromatic nitrogens is 1. The van der Waals surface area contributed by atoms with Gasteiger partial charge in [-0.05, 0) is 44.5 Å². The highest BCUT2D eigenvalue weighted by Gasteiger charge is 2.32. The van der Waals surface area contributed by atoms with Crippen LogP contribution >= 0.6 is 27.3 Å². The molecular formula is C14H15BrN2O2S. The lowest BCUT2D eigenvalue weighted by atomic mass is 9.90. The Morgan fingerprint density at radius 1 is 1.40 bits per heavy atom. The van der Waals surface area contributed by atoms with Crippen LogP contribution in [0.3, 0.4) is 0 Å². The summed E-state index contributed by atoms with van der Waals surface area (Å²) in [5.41, 5.74) is 1.63. The van der Waals surface area contributed by atoms with Crippen LogP contribution in [0.1, 0.15) is 25.1 Å². The van der Waals surface area contributed by atoms with E-state index >= 15 is 0 Å². The molecule has 0 atom stereocenters. The van der Waals surface area contributed by atoms with Crippen molar-refractivity contribution in [2.75, 3.05) is 5.32 Å². The van der Waals surface area contributed by atoms with Crippen molar-refractivity contribution in [2.24, 2.45) is 0 Å². The molecule has 0 bridgehead atoms. The number of rotatable bonds is 4. The summed E-state index contributed by atoms with van der Waals surface area (Å²) in [6, 6.07) is 5.98. The Bertz CT molecular complexity index is 632. The summed E-state index contributed by atoms with van der Waals surface area (Å²) in [6.45, 7) is 5.31. The topological polar surface area (TPSA) is 62.2 Å². The number of hydrogen-bond donors (Lipinski definition) is 2. The van der Waals surface area contributed by atoms with Crippen molar-refractivity contribution in [1.29, 1.82) is 0 Å². The predicted octanol–water partition coefficient (Wildman–Crippen LogP) is 4.32. The second-order valence-corrected chi connectivity index (χ2v) is 6.88. The quantitative estimate of drug-likeness (QED) is 0.858. The molecule has 0 spiro atoms. The number of hydrogen-bond acceptors (Lipinski definition) is 4. The maximum atomic E-state index is 11.2. The molecule has 6 heteroatoms. The molecule has 0 amide bonds. The van der Waals surface area contributed by atoms with Crippen LogP contribution in [0.5, 0.6) is 0 Å². The number of thiazole rings is 1. The Labute approximate surface area is 130 Å². The van der Waals surface area contributed by atoms with Crippen molar-refractivity contribution < 1.29 is 9.90 Å². The number of carboxylic acid groups (broad SMARTS) is 1. The lowest BCUT2D eigenvalue weighted by molar-refractivity contribution is -0.142. The van der Waals surface area contributed by atoms with Gasteiger partial charge in [-0.15, -0.1) is 11.3 Å². The van der Waals surface area contributed by atoms with Gasteiger partial charge in [0.15, 0.2) is 5.13 Å². The van der Waals surface area contributed by atoms with E-state index in [1.807, 2.05) is 25.1 Å². The number of benzene rings is 1. The predicted molar refractivity (Wildman–Crippen MR) is 84.9 cm³/mol. The minimum absolute atomic E-state index is 0.559. The largest absolute Gasteiger partial charge is 0.481 e. The zero-order valence-electron chi connectivity index (χ0n) is 11.4. The number of halogens is 1. The lowest BCUT2D eigenvalue weighted by Gasteiger charge is -2.15. The molecule has 1 heterocycles. The van der Waals surface area contributed by atoms with E-state index in [4.69, 9.17) is 0 Å². The number of nitrogens with zero attached hydrogens (tertiary/aromatic N) is 1. The van der Waals surface area contributed by atoms with Gasteiger partial charge >= 0.3 is 5.97 Å². The number of nitrogens with one attached hydrogen (secondary N) is 1. The number of aliphatic carboxylic acids is 1. The summed E-state index contributed by atoms with van der Waals surface area (Å²) in [7, 11) is 0. The molecule has 106 valence electrons. The summed E-state index contributed by atoms with van der Waals surface area (Å²) in [5, 5.41) is 14.9. The third kappa shape index (κ3) is 3.19. The van der Waals surface area contributed by atoms with Crippen LogP contribution < -0.4 is 5.32 Å². The standard InChI is InChI=1S/C14H15BrN2O2S/c1-8-4-9(15)6-10(5-8)16-13-17-11(7-20-13)14(2,3)12(18)19/h4-7H,1-3H3,(H,16,17)(H,18,19). The van der Waals surface area contributed by atoms with E-state index in [-0.39, 0.29) is 0 Å². The lowest BCUT2D eigenvalue weighted by Crippen LogP contribution is -2.28. The van der Waals surface area contributed by atoms with Gasteiger partial charge in [-0.1, -0.05) is 15.9 Å². The van der Waals surface area contributed by atoms with Crippen molar-refractivity contribution in [1.82, 2.24) is 4.98 Å². The monoisotopic (exact) mass is 354 g/mol. The summed E-state index contributed by atoms with van der Waals surface area (Å²) < 4.78 is 0.989. The number of carbonyl (C=O) groups is 1. The number of carboxylic acids is 1. The third-order valence-electron chi connectivity index (χ3n) is 2.97. The van der Waals surface area contributed by atoms with Gasteiger partial charge in [-0.3, -0.25) is 4.79 Å². The Kier molecular flexibility index (Phi) is 4.15. The third-order valence-corrected chi connectivity index (χ3v) is 4.19. The van der Waals surface area contributed by atoms with Crippen LogP contribution in [0.4, 0.5) is 10.8 Å². The average molecular weight is 355 g/mol. The van der Waals surface area contributed by atoms with Gasteiger partial charge in [0.2, 0.25) is 0 Å². The number of aryl methyl sites for hydroxylation is 1. The minimum atomic E-state index is -0.983. The Balaban J connectivity index is 2.24. The highest BCUT2D eigenvalue weighted by Crippen LogP contribution is 2.30. The van der Waals surface area contributed by atoms with Gasteiger partial charge in [-0.2, -0.15) is 0 Å². The second-order valence-electron chi connectivity index (χ2n) is 5.11. The van der Waals surface area contributed by atoms with Crippen molar-refractivity contribution in [2.45, 2.75) is 26.2 Å². The van der Waals surface area contributed by atoms with Gasteiger partial charge in [0.25, 0.3) is 0 Å². The first kappa shape index (κ1) is 15.0. The van der Waals surface area contributed by atoms with Gasteiger partial charge < -0.3 is 10.4 Å². The van der Waals surface area contributed by atoms with E-state index in [9.17, 15) is 9.90 Å². The molecule has 4 nitrogen and oxygen atoms in total. The summed E-state index contributed by atoms with van der Waals surface area (Å²) in [5.74, 6) is -0.882. The van der Waals surface area contributed by atoms with Gasteiger partial charge in [0.05, 0.1) is 5.69 Å². The van der Waals surface area contributed by atoms with Crippen LogP contribution in [0.2, 0.25) is 0 Å². The van der Waals surface area contributed by atoms with E-state index in [2.05, 4.69) is 26.2 Å². The van der Waals surface area contributed by atoms with Gasteiger partial charge in [0, 0.05) is 15.5 Å². The highest BCUT2D eigenvalue weighted by molar-refractivity contribution is 9.10. The van der Waals surface area contributed by atoms with E-state index in [0.29, 0.717) is 10.8 Å². The molecule has 0 aliphatic heterocycles. The van der Waals surface area contributed by atoms with E-state index < -0.39 is 11.4 Å². The van der Waals surface area contributed by atoms with Crippen LogP contribution in [0.15, 0.2) is 28.1 Å². The van der Waals surface area contributed by atoms with Crippen LogP contribution in [0.25, 0.3) is 0 Å². The van der Waals surface area contributed by atoms with Gasteiger partial charge in [-0.25, -0.2) is 4.98 Å². The van der Waals surface area contributed by atoms with Crippen molar-refractivity contribution >= 4 is 44.1 Å².